The van der Waals surface area contributed by atoms with Crippen molar-refractivity contribution in [3.63, 3.8) is 0 Å². The van der Waals surface area contributed by atoms with E-state index in [0.29, 0.717) is 12.8 Å². The van der Waals surface area contributed by atoms with Crippen LogP contribution in [0.3, 0.4) is 0 Å². The van der Waals surface area contributed by atoms with Crippen LogP contribution in [-0.4, -0.2) is 28.3 Å². The molecule has 1 aromatic carbocycles. The highest BCUT2D eigenvalue weighted by Gasteiger charge is 2.38. The number of benzene rings is 1. The summed E-state index contributed by atoms with van der Waals surface area (Å²) in [6.07, 6.45) is -1.64. The fourth-order valence-electron chi connectivity index (χ4n) is 2.45. The highest BCUT2D eigenvalue weighted by molar-refractivity contribution is 7.98. The second-order valence-corrected chi connectivity index (χ2v) is 6.44. The van der Waals surface area contributed by atoms with Gasteiger partial charge in [0.25, 0.3) is 0 Å². The zero-order valence-electron chi connectivity index (χ0n) is 12.9. The quantitative estimate of drug-likeness (QED) is 0.621. The molecule has 0 aliphatic heterocycles. The Labute approximate surface area is 144 Å². The van der Waals surface area contributed by atoms with E-state index in [2.05, 4.69) is 5.16 Å². The maximum atomic E-state index is 12.9. The number of rotatable bonds is 5. The highest BCUT2D eigenvalue weighted by Crippen LogP contribution is 2.41. The molecule has 1 aliphatic carbocycles. The summed E-state index contributed by atoms with van der Waals surface area (Å²) in [5, 5.41) is 12.7. The minimum absolute atomic E-state index is 0.104. The Bertz CT molecular complexity index is 856. The molecule has 1 fully saturated rings. The molecule has 1 aliphatic rings. The van der Waals surface area contributed by atoms with Crippen LogP contribution >= 0.6 is 11.8 Å². The maximum Gasteiger partial charge on any atom is 0.416 e. The van der Waals surface area contributed by atoms with Gasteiger partial charge < -0.3 is 9.63 Å². The minimum Gasteiger partial charge on any atom is -0.476 e. The molecule has 132 valence electrons. The van der Waals surface area contributed by atoms with Crippen molar-refractivity contribution in [2.75, 3.05) is 6.26 Å². The number of Topliss-reactive ketones (excluding diaryl/α,β-unsaturated/α-hetero) is 1. The van der Waals surface area contributed by atoms with E-state index in [-0.39, 0.29) is 27.7 Å². The number of carboxylic acids is 1. The first kappa shape index (κ1) is 17.5. The zero-order chi connectivity index (χ0) is 18.4. The van der Waals surface area contributed by atoms with E-state index in [0.717, 1.165) is 23.9 Å². The van der Waals surface area contributed by atoms with E-state index in [4.69, 9.17) is 4.52 Å². The van der Waals surface area contributed by atoms with Crippen molar-refractivity contribution in [2.45, 2.75) is 23.9 Å². The third-order valence-electron chi connectivity index (χ3n) is 3.86. The van der Waals surface area contributed by atoms with Crippen LogP contribution in [0.5, 0.6) is 0 Å². The molecular formula is C16H12F3NO4S. The molecule has 1 N–H and O–H groups in total. The maximum absolute atomic E-state index is 12.9. The van der Waals surface area contributed by atoms with Crippen molar-refractivity contribution < 1.29 is 32.4 Å². The van der Waals surface area contributed by atoms with Gasteiger partial charge in [-0.25, -0.2) is 4.79 Å². The summed E-state index contributed by atoms with van der Waals surface area (Å²) in [6.45, 7) is 0. The van der Waals surface area contributed by atoms with E-state index >= 15 is 0 Å². The Morgan fingerprint density at radius 3 is 2.52 bits per heavy atom. The van der Waals surface area contributed by atoms with Gasteiger partial charge in [0.1, 0.15) is 5.56 Å². The Kier molecular flexibility index (Phi) is 4.36. The van der Waals surface area contributed by atoms with Gasteiger partial charge in [0.15, 0.2) is 11.5 Å². The van der Waals surface area contributed by atoms with Gasteiger partial charge >= 0.3 is 12.1 Å². The predicted octanol–water partition coefficient (Wildman–Crippen LogP) is 4.37. The average molecular weight is 371 g/mol. The lowest BCUT2D eigenvalue weighted by Gasteiger charge is -2.11. The molecule has 1 aromatic heterocycles. The summed E-state index contributed by atoms with van der Waals surface area (Å²) >= 11 is 1.04. The standard InChI is InChI=1S/C16H12F3NO4S/c1-25-10-6-8(16(17,18)19)4-5-9(10)14-11(13(21)7-2-3-7)12(15(22)23)20-24-14/h4-7H,2-3H2,1H3,(H,22,23). The van der Waals surface area contributed by atoms with Crippen molar-refractivity contribution in [2.24, 2.45) is 5.92 Å². The normalized spacial score (nSPS) is 14.6. The van der Waals surface area contributed by atoms with Crippen LogP contribution in [0.1, 0.15) is 39.3 Å². The van der Waals surface area contributed by atoms with Crippen LogP contribution in [0.15, 0.2) is 27.6 Å². The van der Waals surface area contributed by atoms with Gasteiger partial charge in [0, 0.05) is 16.4 Å². The SMILES string of the molecule is CSc1cc(C(F)(F)F)ccc1-c1onc(C(=O)O)c1C(=O)C1CC1. The molecule has 0 unspecified atom stereocenters. The number of aromatic nitrogens is 1. The summed E-state index contributed by atoms with van der Waals surface area (Å²) in [5.74, 6) is -2.21. The van der Waals surface area contributed by atoms with Crippen molar-refractivity contribution in [3.05, 3.63) is 35.0 Å². The summed E-state index contributed by atoms with van der Waals surface area (Å²) in [7, 11) is 0. The van der Waals surface area contributed by atoms with E-state index in [1.54, 1.807) is 6.26 Å². The lowest BCUT2D eigenvalue weighted by molar-refractivity contribution is -0.137. The van der Waals surface area contributed by atoms with Gasteiger partial charge in [0.05, 0.1) is 5.56 Å². The molecule has 5 nitrogen and oxygen atoms in total. The number of carbonyl (C=O) groups excluding carboxylic acids is 1. The number of hydrogen-bond donors (Lipinski definition) is 1. The molecule has 0 spiro atoms. The third-order valence-corrected chi connectivity index (χ3v) is 4.64. The molecular weight excluding hydrogens is 359 g/mol. The fraction of sp³-hybridized carbons (Fsp3) is 0.312. The van der Waals surface area contributed by atoms with Gasteiger partial charge in [-0.1, -0.05) is 5.16 Å². The predicted molar refractivity (Wildman–Crippen MR) is 82.7 cm³/mol. The lowest BCUT2D eigenvalue weighted by atomic mass is 9.99. The van der Waals surface area contributed by atoms with E-state index < -0.39 is 29.2 Å². The van der Waals surface area contributed by atoms with Gasteiger partial charge in [-0.3, -0.25) is 4.79 Å². The molecule has 0 amide bonds. The van der Waals surface area contributed by atoms with Gasteiger partial charge in [0.2, 0.25) is 5.69 Å². The van der Waals surface area contributed by atoms with Crippen molar-refractivity contribution in [3.8, 4) is 11.3 Å². The number of nitrogens with zero attached hydrogens (tertiary/aromatic N) is 1. The molecule has 9 heteroatoms. The Hall–Kier alpha value is -2.29. The molecule has 2 aromatic rings. The van der Waals surface area contributed by atoms with Crippen molar-refractivity contribution in [1.29, 1.82) is 0 Å². The van der Waals surface area contributed by atoms with Crippen LogP contribution in [0.4, 0.5) is 13.2 Å². The fourth-order valence-corrected chi connectivity index (χ4v) is 3.08. The molecule has 25 heavy (non-hydrogen) atoms. The number of thioether (sulfide) groups is 1. The largest absolute Gasteiger partial charge is 0.476 e. The second-order valence-electron chi connectivity index (χ2n) is 5.59. The number of aromatic carboxylic acids is 1. The first-order valence-electron chi connectivity index (χ1n) is 7.26. The highest BCUT2D eigenvalue weighted by atomic mass is 32.2. The molecule has 3 rings (SSSR count). The number of halogens is 3. The van der Waals surface area contributed by atoms with Gasteiger partial charge in [-0.05, 0) is 37.3 Å². The topological polar surface area (TPSA) is 80.4 Å². The number of hydrogen-bond acceptors (Lipinski definition) is 5. The lowest BCUT2D eigenvalue weighted by Crippen LogP contribution is -2.10. The molecule has 0 atom stereocenters. The molecule has 0 bridgehead atoms. The van der Waals surface area contributed by atoms with Crippen molar-refractivity contribution >= 4 is 23.5 Å². The number of carbonyl (C=O) groups is 2. The number of alkyl halides is 3. The molecule has 0 radical (unpaired) electrons. The summed E-state index contributed by atoms with van der Waals surface area (Å²) in [4.78, 5) is 24.0. The summed E-state index contributed by atoms with van der Waals surface area (Å²) in [5.41, 5.74) is -1.32. The van der Waals surface area contributed by atoms with Crippen LogP contribution in [0.25, 0.3) is 11.3 Å². The Morgan fingerprint density at radius 1 is 1.32 bits per heavy atom. The van der Waals surface area contributed by atoms with Crippen LogP contribution in [0, 0.1) is 5.92 Å². The van der Waals surface area contributed by atoms with Gasteiger partial charge in [-0.15, -0.1) is 11.8 Å². The smallest absolute Gasteiger partial charge is 0.416 e. The summed E-state index contributed by atoms with van der Waals surface area (Å²) < 4.78 is 43.7. The minimum atomic E-state index is -4.51. The number of ketones is 1. The first-order valence-corrected chi connectivity index (χ1v) is 8.49. The number of carboxylic acid groups (broad SMARTS) is 1. The van der Waals surface area contributed by atoms with Crippen molar-refractivity contribution in [1.82, 2.24) is 5.16 Å². The Morgan fingerprint density at radius 2 is 2.00 bits per heavy atom. The van der Waals surface area contributed by atoms with Crippen LogP contribution in [-0.2, 0) is 6.18 Å². The van der Waals surface area contributed by atoms with Crippen LogP contribution in [0.2, 0.25) is 0 Å². The van der Waals surface area contributed by atoms with Gasteiger partial charge in [-0.2, -0.15) is 13.2 Å². The molecule has 0 saturated heterocycles. The average Bonchev–Trinajstić information content (AvgIpc) is 3.30. The van der Waals surface area contributed by atoms with E-state index in [1.165, 1.54) is 6.07 Å². The van der Waals surface area contributed by atoms with Crippen LogP contribution < -0.4 is 0 Å². The summed E-state index contributed by atoms with van der Waals surface area (Å²) in [6, 6.07) is 2.97. The first-order chi connectivity index (χ1) is 11.7. The van der Waals surface area contributed by atoms with E-state index in [1.807, 2.05) is 0 Å². The molecule has 1 heterocycles. The third kappa shape index (κ3) is 3.28. The monoisotopic (exact) mass is 371 g/mol. The second kappa shape index (κ2) is 6.21. The van der Waals surface area contributed by atoms with E-state index in [9.17, 15) is 27.9 Å². The molecule has 1 saturated carbocycles. The zero-order valence-corrected chi connectivity index (χ0v) is 13.7. The Balaban J connectivity index is 2.16.